The lowest BCUT2D eigenvalue weighted by atomic mass is 10.00. The Kier molecular flexibility index (Phi) is 5.81. The highest BCUT2D eigenvalue weighted by Crippen LogP contribution is 2.24. The quantitative estimate of drug-likeness (QED) is 0.689. The molecule has 0 aliphatic rings. The van der Waals surface area contributed by atoms with E-state index in [9.17, 15) is 4.79 Å². The largest absolute Gasteiger partial charge is 0.366 e. The van der Waals surface area contributed by atoms with Crippen LogP contribution in [0.15, 0.2) is 10.6 Å². The number of hydrogen-bond donors (Lipinski definition) is 2. The Morgan fingerprint density at radius 3 is 2.29 bits per heavy atom. The summed E-state index contributed by atoms with van der Waals surface area (Å²) in [7, 11) is 1.77. The van der Waals surface area contributed by atoms with Crippen molar-refractivity contribution in [1.29, 1.82) is 0 Å². The topological polar surface area (TPSA) is 55.1 Å². The van der Waals surface area contributed by atoms with Gasteiger partial charge in [-0.1, -0.05) is 25.4 Å². The van der Waals surface area contributed by atoms with E-state index in [2.05, 4.69) is 5.32 Å². The Balaban J connectivity index is 5.04. The van der Waals surface area contributed by atoms with Crippen LogP contribution >= 0.6 is 11.6 Å². The summed E-state index contributed by atoms with van der Waals surface area (Å²) in [5.74, 6) is -0.271. The first kappa shape index (κ1) is 13.5. The van der Waals surface area contributed by atoms with Crippen LogP contribution in [0.2, 0.25) is 0 Å². The molecule has 0 saturated carbocycles. The zero-order chi connectivity index (χ0) is 11.3. The lowest BCUT2D eigenvalue weighted by Gasteiger charge is -2.17. The van der Waals surface area contributed by atoms with Crippen molar-refractivity contribution < 1.29 is 4.79 Å². The first-order valence-corrected chi connectivity index (χ1v) is 5.20. The van der Waals surface area contributed by atoms with E-state index in [1.807, 2.05) is 20.8 Å². The molecule has 0 heterocycles. The van der Waals surface area contributed by atoms with Gasteiger partial charge in [0.2, 0.25) is 5.91 Å². The Bertz CT molecular complexity index is 238. The van der Waals surface area contributed by atoms with E-state index in [1.165, 1.54) is 0 Å². The lowest BCUT2D eigenvalue weighted by molar-refractivity contribution is -0.114. The number of hydrogen-bond acceptors (Lipinski definition) is 2. The highest BCUT2D eigenvalue weighted by Gasteiger charge is 2.19. The fourth-order valence-corrected chi connectivity index (χ4v) is 1.54. The maximum absolute atomic E-state index is 11.2. The third-order valence-corrected chi connectivity index (χ3v) is 3.01. The van der Waals surface area contributed by atoms with Gasteiger partial charge in [-0.2, -0.15) is 0 Å². The minimum absolute atomic E-state index is 0.103. The third kappa shape index (κ3) is 3.31. The molecule has 0 radical (unpaired) electrons. The van der Waals surface area contributed by atoms with Crippen molar-refractivity contribution in [2.75, 3.05) is 7.05 Å². The van der Waals surface area contributed by atoms with Crippen molar-refractivity contribution in [3.05, 3.63) is 10.6 Å². The van der Waals surface area contributed by atoms with Gasteiger partial charge < -0.3 is 11.1 Å². The fraction of sp³-hybridized carbons (Fsp3) is 0.700. The maximum atomic E-state index is 11.2. The zero-order valence-electron chi connectivity index (χ0n) is 9.23. The normalized spacial score (nSPS) is 17.2. The van der Waals surface area contributed by atoms with E-state index in [0.717, 1.165) is 6.42 Å². The number of rotatable bonds is 5. The molecule has 3 nitrogen and oxygen atoms in total. The molecule has 2 unspecified atom stereocenters. The minimum atomic E-state index is -0.447. The van der Waals surface area contributed by atoms with Crippen molar-refractivity contribution in [2.24, 2.45) is 11.7 Å². The van der Waals surface area contributed by atoms with Gasteiger partial charge in [-0.3, -0.25) is 4.79 Å². The van der Waals surface area contributed by atoms with Crippen LogP contribution in [0, 0.1) is 5.92 Å². The first-order chi connectivity index (χ1) is 6.45. The molecule has 4 heteroatoms. The Hall–Kier alpha value is -0.540. The van der Waals surface area contributed by atoms with Crippen LogP contribution in [0.5, 0.6) is 0 Å². The van der Waals surface area contributed by atoms with Crippen LogP contribution in [0.3, 0.4) is 0 Å². The number of carbonyl (C=O) groups excluding carboxylic acids is 1. The Morgan fingerprint density at radius 1 is 1.50 bits per heavy atom. The van der Waals surface area contributed by atoms with Gasteiger partial charge in [-0.25, -0.2) is 0 Å². The molecule has 3 N–H and O–H groups in total. The number of likely N-dealkylation sites (N-methyl/N-ethyl adjacent to an activating group) is 1. The second-order valence-electron chi connectivity index (χ2n) is 3.45. The predicted molar refractivity (Wildman–Crippen MR) is 60.1 cm³/mol. The molecule has 0 rings (SSSR count). The van der Waals surface area contributed by atoms with Crippen molar-refractivity contribution >= 4 is 17.5 Å². The monoisotopic (exact) mass is 218 g/mol. The summed E-state index contributed by atoms with van der Waals surface area (Å²) < 4.78 is 0. The molecule has 0 bridgehead atoms. The molecule has 0 saturated heterocycles. The molecule has 2 atom stereocenters. The predicted octanol–water partition coefficient (Wildman–Crippen LogP) is 1.62. The van der Waals surface area contributed by atoms with E-state index in [0.29, 0.717) is 10.6 Å². The number of amides is 1. The van der Waals surface area contributed by atoms with Crippen LogP contribution < -0.4 is 11.1 Å². The van der Waals surface area contributed by atoms with E-state index in [4.69, 9.17) is 17.3 Å². The van der Waals surface area contributed by atoms with Gasteiger partial charge in [-0.05, 0) is 26.3 Å². The minimum Gasteiger partial charge on any atom is -0.366 e. The van der Waals surface area contributed by atoms with Crippen LogP contribution in [0.1, 0.15) is 27.2 Å². The molecule has 82 valence electrons. The number of allylic oxidation sites excluding steroid dienone is 1. The molecular formula is C10H19ClN2O. The van der Waals surface area contributed by atoms with Gasteiger partial charge in [0.05, 0.1) is 0 Å². The summed E-state index contributed by atoms with van der Waals surface area (Å²) in [6, 6.07) is -0.103. The SMILES string of the molecule is CCC(C)/C(Cl)=C(/C(N)=O)C(C)NC. The van der Waals surface area contributed by atoms with Crippen LogP contribution in [-0.4, -0.2) is 19.0 Å². The number of nitrogens with two attached hydrogens (primary N) is 1. The molecule has 0 aromatic rings. The van der Waals surface area contributed by atoms with Gasteiger partial charge in [0.25, 0.3) is 0 Å². The zero-order valence-corrected chi connectivity index (χ0v) is 9.98. The first-order valence-electron chi connectivity index (χ1n) is 4.82. The Labute approximate surface area is 90.7 Å². The van der Waals surface area contributed by atoms with E-state index >= 15 is 0 Å². The van der Waals surface area contributed by atoms with E-state index < -0.39 is 5.91 Å². The molecule has 0 aliphatic heterocycles. The highest BCUT2D eigenvalue weighted by molar-refractivity contribution is 6.32. The maximum Gasteiger partial charge on any atom is 0.247 e. The molecule has 0 fully saturated rings. The van der Waals surface area contributed by atoms with Crippen LogP contribution in [-0.2, 0) is 4.79 Å². The van der Waals surface area contributed by atoms with Crippen molar-refractivity contribution in [2.45, 2.75) is 33.2 Å². The number of primary amides is 1. The second-order valence-corrected chi connectivity index (χ2v) is 3.85. The molecule has 14 heavy (non-hydrogen) atoms. The number of carbonyl (C=O) groups is 1. The van der Waals surface area contributed by atoms with Gasteiger partial charge in [0.15, 0.2) is 0 Å². The Morgan fingerprint density at radius 2 is 2.00 bits per heavy atom. The van der Waals surface area contributed by atoms with E-state index in [-0.39, 0.29) is 12.0 Å². The standard InChI is InChI=1S/C10H19ClN2O/c1-5-6(2)9(11)8(10(12)14)7(3)13-4/h6-7,13H,5H2,1-4H3,(H2,12,14)/b9-8-. The lowest BCUT2D eigenvalue weighted by Crippen LogP contribution is -2.32. The highest BCUT2D eigenvalue weighted by atomic mass is 35.5. The van der Waals surface area contributed by atoms with Crippen molar-refractivity contribution in [1.82, 2.24) is 5.32 Å². The molecule has 0 aromatic carbocycles. The van der Waals surface area contributed by atoms with Gasteiger partial charge >= 0.3 is 0 Å². The molecule has 0 spiro atoms. The van der Waals surface area contributed by atoms with Gasteiger partial charge in [-0.15, -0.1) is 0 Å². The van der Waals surface area contributed by atoms with Crippen LogP contribution in [0.4, 0.5) is 0 Å². The number of nitrogens with one attached hydrogen (secondary N) is 1. The number of halogens is 1. The summed E-state index contributed by atoms with van der Waals surface area (Å²) in [4.78, 5) is 11.2. The molecule has 0 aromatic heterocycles. The average molecular weight is 219 g/mol. The summed E-state index contributed by atoms with van der Waals surface area (Å²) in [5, 5.41) is 3.53. The molecule has 0 aliphatic carbocycles. The fourth-order valence-electron chi connectivity index (χ4n) is 1.13. The second kappa shape index (κ2) is 6.04. The average Bonchev–Trinajstić information content (AvgIpc) is 2.15. The van der Waals surface area contributed by atoms with Gasteiger partial charge in [0.1, 0.15) is 0 Å². The van der Waals surface area contributed by atoms with Crippen molar-refractivity contribution in [3.63, 3.8) is 0 Å². The molecular weight excluding hydrogens is 200 g/mol. The summed E-state index contributed by atoms with van der Waals surface area (Å²) >= 11 is 6.10. The summed E-state index contributed by atoms with van der Waals surface area (Å²) in [6.07, 6.45) is 0.895. The molecule has 1 amide bonds. The smallest absolute Gasteiger partial charge is 0.247 e. The summed E-state index contributed by atoms with van der Waals surface area (Å²) in [6.45, 7) is 5.87. The van der Waals surface area contributed by atoms with E-state index in [1.54, 1.807) is 7.05 Å². The third-order valence-electron chi connectivity index (χ3n) is 2.43. The van der Waals surface area contributed by atoms with Gasteiger partial charge in [0, 0.05) is 16.6 Å². The van der Waals surface area contributed by atoms with Crippen LogP contribution in [0.25, 0.3) is 0 Å². The van der Waals surface area contributed by atoms with Crippen molar-refractivity contribution in [3.8, 4) is 0 Å². The summed E-state index contributed by atoms with van der Waals surface area (Å²) in [5.41, 5.74) is 5.77.